The number of rotatable bonds is 5. The molecule has 0 aliphatic rings. The van der Waals surface area contributed by atoms with Crippen molar-refractivity contribution < 1.29 is 13.9 Å². The van der Waals surface area contributed by atoms with Gasteiger partial charge in [-0.25, -0.2) is 9.37 Å². The Morgan fingerprint density at radius 1 is 1.20 bits per heavy atom. The second kappa shape index (κ2) is 7.25. The second-order valence-corrected chi connectivity index (χ2v) is 5.71. The smallest absolute Gasteiger partial charge is 0.306 e. The summed E-state index contributed by atoms with van der Waals surface area (Å²) in [6.07, 6.45) is -0.112. The summed E-state index contributed by atoms with van der Waals surface area (Å²) in [6, 6.07) is 12.8. The third-order valence-electron chi connectivity index (χ3n) is 3.88. The molecule has 0 unspecified atom stereocenters. The van der Waals surface area contributed by atoms with E-state index in [2.05, 4.69) is 9.97 Å². The highest BCUT2D eigenvalue weighted by Gasteiger charge is 2.13. The van der Waals surface area contributed by atoms with Crippen LogP contribution >= 0.6 is 0 Å². The maximum atomic E-state index is 12.9. The fourth-order valence-corrected chi connectivity index (χ4v) is 2.53. The molecular formula is C19H17FN2O3. The van der Waals surface area contributed by atoms with Gasteiger partial charge in [-0.05, 0) is 36.8 Å². The molecule has 0 aliphatic heterocycles. The molecule has 5 nitrogen and oxygen atoms in total. The third-order valence-corrected chi connectivity index (χ3v) is 3.88. The van der Waals surface area contributed by atoms with Crippen LogP contribution in [0.5, 0.6) is 0 Å². The quantitative estimate of drug-likeness (QED) is 0.723. The lowest BCUT2D eigenvalue weighted by atomic mass is 10.1. The molecule has 2 aromatic carbocycles. The van der Waals surface area contributed by atoms with Crippen LogP contribution in [0.2, 0.25) is 0 Å². The van der Waals surface area contributed by atoms with Crippen molar-refractivity contribution in [1.29, 1.82) is 0 Å². The van der Waals surface area contributed by atoms with Gasteiger partial charge in [0, 0.05) is 6.42 Å². The zero-order valence-electron chi connectivity index (χ0n) is 13.7. The third kappa shape index (κ3) is 4.09. The summed E-state index contributed by atoms with van der Waals surface area (Å²) < 4.78 is 18.3. The van der Waals surface area contributed by atoms with Gasteiger partial charge in [0.05, 0.1) is 17.3 Å². The van der Waals surface area contributed by atoms with Crippen molar-refractivity contribution in [1.82, 2.24) is 9.97 Å². The van der Waals surface area contributed by atoms with Crippen LogP contribution in [0.15, 0.2) is 53.3 Å². The number of halogens is 1. The van der Waals surface area contributed by atoms with Crippen LogP contribution in [0, 0.1) is 5.82 Å². The van der Waals surface area contributed by atoms with Gasteiger partial charge >= 0.3 is 5.97 Å². The Balaban J connectivity index is 1.62. The molecule has 3 aromatic rings. The predicted molar refractivity (Wildman–Crippen MR) is 91.6 cm³/mol. The standard InChI is InChI=1S/C19H17FN2O3/c1-12(13-6-8-14(20)9-7-13)25-18(23)11-10-17-21-16-5-3-2-4-15(16)19(24)22-17/h2-9,12H,10-11H2,1H3,(H,21,22,24)/t12-/m1/s1. The largest absolute Gasteiger partial charge is 0.458 e. The van der Waals surface area contributed by atoms with Crippen molar-refractivity contribution in [3.63, 3.8) is 0 Å². The number of carbonyl (C=O) groups excluding carboxylic acids is 1. The molecule has 1 heterocycles. The Morgan fingerprint density at radius 3 is 2.68 bits per heavy atom. The molecule has 25 heavy (non-hydrogen) atoms. The van der Waals surface area contributed by atoms with Crippen LogP contribution in [-0.4, -0.2) is 15.9 Å². The van der Waals surface area contributed by atoms with Gasteiger partial charge in [-0.15, -0.1) is 0 Å². The Morgan fingerprint density at radius 2 is 1.92 bits per heavy atom. The van der Waals surface area contributed by atoms with E-state index in [1.807, 2.05) is 0 Å². The molecule has 1 aromatic heterocycles. The van der Waals surface area contributed by atoms with Crippen LogP contribution < -0.4 is 5.56 Å². The zero-order valence-corrected chi connectivity index (χ0v) is 13.7. The van der Waals surface area contributed by atoms with E-state index in [9.17, 15) is 14.0 Å². The molecule has 0 radical (unpaired) electrons. The summed E-state index contributed by atoms with van der Waals surface area (Å²) in [5, 5.41) is 0.513. The number of esters is 1. The monoisotopic (exact) mass is 340 g/mol. The lowest BCUT2D eigenvalue weighted by Crippen LogP contribution is -2.14. The summed E-state index contributed by atoms with van der Waals surface area (Å²) in [5.41, 5.74) is 1.08. The number of hydrogen-bond donors (Lipinski definition) is 1. The van der Waals surface area contributed by atoms with Gasteiger partial charge in [-0.3, -0.25) is 9.59 Å². The van der Waals surface area contributed by atoms with Gasteiger partial charge in [0.2, 0.25) is 0 Å². The highest BCUT2D eigenvalue weighted by atomic mass is 19.1. The lowest BCUT2D eigenvalue weighted by Gasteiger charge is -2.13. The van der Waals surface area contributed by atoms with E-state index in [1.165, 1.54) is 12.1 Å². The van der Waals surface area contributed by atoms with Crippen LogP contribution in [-0.2, 0) is 16.0 Å². The van der Waals surface area contributed by atoms with E-state index in [-0.39, 0.29) is 24.2 Å². The minimum atomic E-state index is -0.475. The zero-order chi connectivity index (χ0) is 17.8. The van der Waals surface area contributed by atoms with Gasteiger partial charge in [-0.1, -0.05) is 24.3 Å². The Labute approximate surface area is 143 Å². The molecule has 3 rings (SSSR count). The molecule has 0 amide bonds. The number of aromatic amines is 1. The highest BCUT2D eigenvalue weighted by Crippen LogP contribution is 2.18. The summed E-state index contributed by atoms with van der Waals surface area (Å²) >= 11 is 0. The van der Waals surface area contributed by atoms with Gasteiger partial charge in [0.25, 0.3) is 5.56 Å². The normalized spacial score (nSPS) is 12.1. The molecular weight excluding hydrogens is 323 g/mol. The predicted octanol–water partition coefficient (Wildman–Crippen LogP) is 3.30. The van der Waals surface area contributed by atoms with Crippen LogP contribution in [0.1, 0.15) is 30.8 Å². The number of nitrogens with zero attached hydrogens (tertiary/aromatic N) is 1. The number of nitrogens with one attached hydrogen (secondary N) is 1. The number of H-pyrrole nitrogens is 1. The van der Waals surface area contributed by atoms with Crippen LogP contribution in [0.3, 0.4) is 0 Å². The van der Waals surface area contributed by atoms with E-state index in [4.69, 9.17) is 4.74 Å². The first-order chi connectivity index (χ1) is 12.0. The minimum Gasteiger partial charge on any atom is -0.458 e. The van der Waals surface area contributed by atoms with E-state index in [0.717, 1.165) is 0 Å². The molecule has 0 bridgehead atoms. The maximum absolute atomic E-state index is 12.9. The molecule has 1 atom stereocenters. The molecule has 0 saturated carbocycles. The van der Waals surface area contributed by atoms with Crippen molar-refractivity contribution in [3.8, 4) is 0 Å². The van der Waals surface area contributed by atoms with Crippen LogP contribution in [0.25, 0.3) is 10.9 Å². The fourth-order valence-electron chi connectivity index (χ4n) is 2.53. The second-order valence-electron chi connectivity index (χ2n) is 5.71. The van der Waals surface area contributed by atoms with Gasteiger partial charge in [-0.2, -0.15) is 0 Å². The summed E-state index contributed by atoms with van der Waals surface area (Å²) in [4.78, 5) is 31.0. The average Bonchev–Trinajstić information content (AvgIpc) is 2.60. The summed E-state index contributed by atoms with van der Waals surface area (Å²) in [6.45, 7) is 1.72. The van der Waals surface area contributed by atoms with E-state index in [1.54, 1.807) is 43.3 Å². The Kier molecular flexibility index (Phi) is 4.88. The minimum absolute atomic E-state index is 0.0901. The van der Waals surface area contributed by atoms with E-state index in [0.29, 0.717) is 22.3 Å². The van der Waals surface area contributed by atoms with Crippen molar-refractivity contribution in [3.05, 3.63) is 76.1 Å². The topological polar surface area (TPSA) is 72.0 Å². The molecule has 0 aliphatic carbocycles. The summed E-state index contributed by atoms with van der Waals surface area (Å²) in [5.74, 6) is -0.309. The van der Waals surface area contributed by atoms with E-state index >= 15 is 0 Å². The number of fused-ring (bicyclic) bond motifs is 1. The van der Waals surface area contributed by atoms with Crippen molar-refractivity contribution >= 4 is 16.9 Å². The van der Waals surface area contributed by atoms with Crippen molar-refractivity contribution in [2.24, 2.45) is 0 Å². The number of carbonyl (C=O) groups is 1. The number of ether oxygens (including phenoxy) is 1. The SMILES string of the molecule is C[C@@H](OC(=O)CCc1nc2ccccc2c(=O)[nH]1)c1ccc(F)cc1. The van der Waals surface area contributed by atoms with Gasteiger partial charge in [0.15, 0.2) is 0 Å². The maximum Gasteiger partial charge on any atom is 0.306 e. The molecule has 128 valence electrons. The Bertz CT molecular complexity index is 951. The number of aryl methyl sites for hydroxylation is 1. The molecule has 1 N–H and O–H groups in total. The Hall–Kier alpha value is -3.02. The number of aromatic nitrogens is 2. The molecule has 0 spiro atoms. The lowest BCUT2D eigenvalue weighted by molar-refractivity contribution is -0.148. The first-order valence-corrected chi connectivity index (χ1v) is 7.96. The highest BCUT2D eigenvalue weighted by molar-refractivity contribution is 5.77. The van der Waals surface area contributed by atoms with Crippen LogP contribution in [0.4, 0.5) is 4.39 Å². The van der Waals surface area contributed by atoms with E-state index < -0.39 is 12.1 Å². The molecule has 0 fully saturated rings. The number of para-hydroxylation sites is 1. The number of hydrogen-bond acceptors (Lipinski definition) is 4. The van der Waals surface area contributed by atoms with Gasteiger partial charge in [0.1, 0.15) is 17.7 Å². The van der Waals surface area contributed by atoms with Crippen molar-refractivity contribution in [2.75, 3.05) is 0 Å². The molecule has 0 saturated heterocycles. The van der Waals surface area contributed by atoms with Crippen molar-refractivity contribution in [2.45, 2.75) is 25.9 Å². The average molecular weight is 340 g/mol. The first-order valence-electron chi connectivity index (χ1n) is 7.96. The van der Waals surface area contributed by atoms with Gasteiger partial charge < -0.3 is 9.72 Å². The summed E-state index contributed by atoms with van der Waals surface area (Å²) in [7, 11) is 0. The first kappa shape index (κ1) is 16.8. The fraction of sp³-hybridized carbons (Fsp3) is 0.211. The molecule has 6 heteroatoms. The number of benzene rings is 2.